The van der Waals surface area contributed by atoms with Crippen LogP contribution in [-0.2, 0) is 26.1 Å². The number of esters is 1. The summed E-state index contributed by atoms with van der Waals surface area (Å²) < 4.78 is 43.5. The van der Waals surface area contributed by atoms with Crippen molar-refractivity contribution in [3.05, 3.63) is 47.5 Å². The van der Waals surface area contributed by atoms with Gasteiger partial charge in [-0.05, 0) is 37.0 Å². The van der Waals surface area contributed by atoms with E-state index in [4.69, 9.17) is 9.84 Å². The Hall–Kier alpha value is -2.31. The largest absolute Gasteiger partial charge is 0.478 e. The molecule has 4 nitrogen and oxygen atoms in total. The molecule has 1 aromatic rings. The summed E-state index contributed by atoms with van der Waals surface area (Å²) in [6.07, 6.45) is -1.58. The molecule has 118 valence electrons. The fraction of sp³-hybridized carbons (Fsp3) is 0.333. The minimum absolute atomic E-state index is 0.269. The van der Waals surface area contributed by atoms with Crippen LogP contribution in [0, 0.1) is 0 Å². The van der Waals surface area contributed by atoms with Gasteiger partial charge in [-0.1, -0.05) is 12.1 Å². The van der Waals surface area contributed by atoms with Crippen LogP contribution in [-0.4, -0.2) is 17.0 Å². The first kappa shape index (κ1) is 16.1. The summed E-state index contributed by atoms with van der Waals surface area (Å²) in [4.78, 5) is 22.0. The van der Waals surface area contributed by atoms with Crippen LogP contribution in [0.2, 0.25) is 0 Å². The van der Waals surface area contributed by atoms with Gasteiger partial charge in [-0.3, -0.25) is 0 Å². The van der Waals surface area contributed by atoms with Gasteiger partial charge in [-0.25, -0.2) is 9.59 Å². The van der Waals surface area contributed by atoms with Crippen molar-refractivity contribution in [3.8, 4) is 0 Å². The van der Waals surface area contributed by atoms with Crippen LogP contribution in [0.15, 0.2) is 36.4 Å². The average molecular weight is 314 g/mol. The number of alkyl halides is 3. The quantitative estimate of drug-likeness (QED) is 0.684. The average Bonchev–Trinajstić information content (AvgIpc) is 2.40. The second kappa shape index (κ2) is 5.82. The van der Waals surface area contributed by atoms with Crippen molar-refractivity contribution >= 4 is 11.9 Å². The number of carbonyl (C=O) groups is 2. The molecule has 0 aliphatic heterocycles. The third-order valence-corrected chi connectivity index (χ3v) is 3.54. The van der Waals surface area contributed by atoms with Crippen molar-refractivity contribution in [3.63, 3.8) is 0 Å². The van der Waals surface area contributed by atoms with Crippen molar-refractivity contribution in [2.24, 2.45) is 0 Å². The van der Waals surface area contributed by atoms with Gasteiger partial charge in [-0.15, -0.1) is 0 Å². The highest BCUT2D eigenvalue weighted by atomic mass is 19.4. The molecule has 0 heterocycles. The minimum Gasteiger partial charge on any atom is -0.478 e. The first-order valence-corrected chi connectivity index (χ1v) is 6.55. The Labute approximate surface area is 124 Å². The SMILES string of the molecule is O=C(O)/C=C/C(=O)OC1(c2cccc(C(F)(F)F)c2)CCC1. The Morgan fingerprint density at radius 2 is 1.91 bits per heavy atom. The number of hydrogen-bond donors (Lipinski definition) is 1. The van der Waals surface area contributed by atoms with Gasteiger partial charge in [0.05, 0.1) is 5.56 Å². The van der Waals surface area contributed by atoms with Crippen molar-refractivity contribution in [1.29, 1.82) is 0 Å². The molecule has 1 saturated carbocycles. The summed E-state index contributed by atoms with van der Waals surface area (Å²) in [5.41, 5.74) is -1.65. The van der Waals surface area contributed by atoms with Gasteiger partial charge >= 0.3 is 18.1 Å². The molecule has 0 saturated heterocycles. The molecule has 1 aromatic carbocycles. The molecule has 0 unspecified atom stereocenters. The lowest BCUT2D eigenvalue weighted by Gasteiger charge is -2.41. The van der Waals surface area contributed by atoms with Crippen LogP contribution in [0.3, 0.4) is 0 Å². The molecule has 1 N–H and O–H groups in total. The lowest BCUT2D eigenvalue weighted by molar-refractivity contribution is -0.165. The van der Waals surface area contributed by atoms with E-state index in [0.717, 1.165) is 18.2 Å². The fourth-order valence-electron chi connectivity index (χ4n) is 2.29. The monoisotopic (exact) mass is 314 g/mol. The number of rotatable bonds is 4. The molecular weight excluding hydrogens is 301 g/mol. The third-order valence-electron chi connectivity index (χ3n) is 3.54. The molecule has 1 fully saturated rings. The smallest absolute Gasteiger partial charge is 0.416 e. The second-order valence-electron chi connectivity index (χ2n) is 5.02. The van der Waals surface area contributed by atoms with Crippen LogP contribution >= 0.6 is 0 Å². The van der Waals surface area contributed by atoms with Crippen LogP contribution < -0.4 is 0 Å². The van der Waals surface area contributed by atoms with E-state index in [9.17, 15) is 22.8 Å². The maximum absolute atomic E-state index is 12.8. The Morgan fingerprint density at radius 3 is 2.41 bits per heavy atom. The molecule has 0 spiro atoms. The summed E-state index contributed by atoms with van der Waals surface area (Å²) in [6.45, 7) is 0. The summed E-state index contributed by atoms with van der Waals surface area (Å²) in [6, 6.07) is 4.65. The van der Waals surface area contributed by atoms with Crippen molar-refractivity contribution in [1.82, 2.24) is 0 Å². The van der Waals surface area contributed by atoms with E-state index in [0.29, 0.717) is 25.3 Å². The molecular formula is C15H13F3O4. The fourth-order valence-corrected chi connectivity index (χ4v) is 2.29. The normalized spacial score (nSPS) is 17.0. The number of aliphatic carboxylic acids is 1. The lowest BCUT2D eigenvalue weighted by atomic mass is 9.74. The van der Waals surface area contributed by atoms with E-state index in [2.05, 4.69) is 0 Å². The molecule has 0 aromatic heterocycles. The Morgan fingerprint density at radius 1 is 1.23 bits per heavy atom. The van der Waals surface area contributed by atoms with Crippen LogP contribution in [0.25, 0.3) is 0 Å². The van der Waals surface area contributed by atoms with E-state index in [1.165, 1.54) is 12.1 Å². The van der Waals surface area contributed by atoms with Crippen molar-refractivity contribution < 1.29 is 32.6 Å². The molecule has 0 bridgehead atoms. The predicted octanol–water partition coefficient (Wildman–Crippen LogP) is 3.27. The minimum atomic E-state index is -4.48. The predicted molar refractivity (Wildman–Crippen MR) is 69.8 cm³/mol. The summed E-state index contributed by atoms with van der Waals surface area (Å²) in [5.74, 6) is -2.20. The zero-order valence-corrected chi connectivity index (χ0v) is 11.4. The Kier molecular flexibility index (Phi) is 4.25. The van der Waals surface area contributed by atoms with E-state index < -0.39 is 29.3 Å². The van der Waals surface area contributed by atoms with Gasteiger partial charge in [0.15, 0.2) is 0 Å². The number of carboxylic acids is 1. The van der Waals surface area contributed by atoms with Gasteiger partial charge in [0.1, 0.15) is 5.60 Å². The number of carboxylic acid groups (broad SMARTS) is 1. The molecule has 2 rings (SSSR count). The highest BCUT2D eigenvalue weighted by Crippen LogP contribution is 2.46. The first-order chi connectivity index (χ1) is 10.2. The van der Waals surface area contributed by atoms with Gasteiger partial charge in [0.2, 0.25) is 0 Å². The van der Waals surface area contributed by atoms with Gasteiger partial charge in [0.25, 0.3) is 0 Å². The third kappa shape index (κ3) is 3.47. The van der Waals surface area contributed by atoms with Gasteiger partial charge in [-0.2, -0.15) is 13.2 Å². The number of benzene rings is 1. The summed E-state index contributed by atoms with van der Waals surface area (Å²) in [5, 5.41) is 8.46. The Bertz CT molecular complexity index is 615. The Balaban J connectivity index is 2.24. The molecule has 0 radical (unpaired) electrons. The number of carbonyl (C=O) groups excluding carboxylic acids is 1. The second-order valence-corrected chi connectivity index (χ2v) is 5.02. The first-order valence-electron chi connectivity index (χ1n) is 6.55. The van der Waals surface area contributed by atoms with Crippen molar-refractivity contribution in [2.75, 3.05) is 0 Å². The van der Waals surface area contributed by atoms with Crippen molar-refractivity contribution in [2.45, 2.75) is 31.0 Å². The topological polar surface area (TPSA) is 63.6 Å². The van der Waals surface area contributed by atoms with Gasteiger partial charge in [0, 0.05) is 12.2 Å². The van der Waals surface area contributed by atoms with Gasteiger partial charge < -0.3 is 9.84 Å². The molecule has 0 amide bonds. The maximum Gasteiger partial charge on any atom is 0.416 e. The van der Waals surface area contributed by atoms with E-state index >= 15 is 0 Å². The van der Waals surface area contributed by atoms with Crippen LogP contribution in [0.5, 0.6) is 0 Å². The van der Waals surface area contributed by atoms with Crippen LogP contribution in [0.1, 0.15) is 30.4 Å². The number of ether oxygens (including phenoxy) is 1. The maximum atomic E-state index is 12.8. The zero-order chi connectivity index (χ0) is 16.4. The summed E-state index contributed by atoms with van der Waals surface area (Å²) >= 11 is 0. The molecule has 0 atom stereocenters. The molecule has 1 aliphatic rings. The zero-order valence-electron chi connectivity index (χ0n) is 11.4. The van der Waals surface area contributed by atoms with Crippen LogP contribution in [0.4, 0.5) is 13.2 Å². The van der Waals surface area contributed by atoms with E-state index in [1.54, 1.807) is 0 Å². The highest BCUT2D eigenvalue weighted by molar-refractivity contribution is 5.91. The standard InChI is InChI=1S/C15H13F3O4/c16-15(17,18)11-4-1-3-10(9-11)14(7-2-8-14)22-13(21)6-5-12(19)20/h1,3-6,9H,2,7-8H2,(H,19,20)/b6-5+. The van der Waals surface area contributed by atoms with E-state index in [1.807, 2.05) is 0 Å². The molecule has 1 aliphatic carbocycles. The summed E-state index contributed by atoms with van der Waals surface area (Å²) in [7, 11) is 0. The number of halogens is 3. The highest BCUT2D eigenvalue weighted by Gasteiger charge is 2.43. The molecule has 22 heavy (non-hydrogen) atoms. The van der Waals surface area contributed by atoms with E-state index in [-0.39, 0.29) is 5.56 Å². The molecule has 7 heteroatoms. The lowest BCUT2D eigenvalue weighted by Crippen LogP contribution is -2.39. The number of hydrogen-bond acceptors (Lipinski definition) is 3.